The first-order valence-corrected chi connectivity index (χ1v) is 6.60. The fourth-order valence-corrected chi connectivity index (χ4v) is 2.41. The predicted octanol–water partition coefficient (Wildman–Crippen LogP) is 4.13. The number of rotatable bonds is 3. The van der Waals surface area contributed by atoms with E-state index < -0.39 is 0 Å². The van der Waals surface area contributed by atoms with Crippen molar-refractivity contribution in [1.29, 1.82) is 0 Å². The van der Waals surface area contributed by atoms with Gasteiger partial charge in [0.25, 0.3) is 0 Å². The summed E-state index contributed by atoms with van der Waals surface area (Å²) in [6, 6.07) is 8.65. The topological polar surface area (TPSA) is 30.5 Å². The average Bonchev–Trinajstić information content (AvgIpc) is 2.89. The summed E-state index contributed by atoms with van der Waals surface area (Å²) in [5, 5.41) is 3.71. The highest BCUT2D eigenvalue weighted by Crippen LogP contribution is 2.39. The van der Waals surface area contributed by atoms with Crippen LogP contribution in [0.1, 0.15) is 11.1 Å². The van der Waals surface area contributed by atoms with Crippen molar-refractivity contribution in [1.82, 2.24) is 0 Å². The van der Waals surface area contributed by atoms with Crippen molar-refractivity contribution in [3.63, 3.8) is 0 Å². The molecule has 0 spiro atoms. The van der Waals surface area contributed by atoms with E-state index in [9.17, 15) is 4.39 Å². The highest BCUT2D eigenvalue weighted by molar-refractivity contribution is 6.32. The maximum absolute atomic E-state index is 13.5. The Hall–Kier alpha value is -1.94. The highest BCUT2D eigenvalue weighted by atomic mass is 35.5. The van der Waals surface area contributed by atoms with Gasteiger partial charge >= 0.3 is 0 Å². The lowest BCUT2D eigenvalue weighted by Crippen LogP contribution is -2.02. The number of hydrogen-bond donors (Lipinski definition) is 1. The molecule has 2 aromatic rings. The van der Waals surface area contributed by atoms with E-state index in [0.717, 1.165) is 11.3 Å². The molecule has 3 nitrogen and oxygen atoms in total. The quantitative estimate of drug-likeness (QED) is 0.923. The van der Waals surface area contributed by atoms with Gasteiger partial charge in [-0.2, -0.15) is 0 Å². The summed E-state index contributed by atoms with van der Waals surface area (Å²) < 4.78 is 24.0. The molecule has 0 amide bonds. The zero-order valence-corrected chi connectivity index (χ0v) is 11.6. The van der Waals surface area contributed by atoms with Gasteiger partial charge in [0.2, 0.25) is 6.79 Å². The number of halogens is 2. The Balaban J connectivity index is 1.79. The molecule has 5 heteroatoms. The van der Waals surface area contributed by atoms with Crippen LogP contribution in [-0.4, -0.2) is 6.79 Å². The second-order valence-corrected chi connectivity index (χ2v) is 4.98. The van der Waals surface area contributed by atoms with Crippen molar-refractivity contribution in [2.45, 2.75) is 13.5 Å². The lowest BCUT2D eigenvalue weighted by molar-refractivity contribution is 0.174. The summed E-state index contributed by atoms with van der Waals surface area (Å²) in [6.45, 7) is 2.46. The van der Waals surface area contributed by atoms with Crippen LogP contribution in [0, 0.1) is 12.7 Å². The predicted molar refractivity (Wildman–Crippen MR) is 76.0 cm³/mol. The van der Waals surface area contributed by atoms with Crippen LogP contribution in [0.4, 0.5) is 10.1 Å². The van der Waals surface area contributed by atoms with Crippen molar-refractivity contribution in [2.75, 3.05) is 12.1 Å². The maximum atomic E-state index is 13.5. The van der Waals surface area contributed by atoms with E-state index in [1.807, 2.05) is 18.2 Å². The number of fused-ring (bicyclic) bond motifs is 1. The third-order valence-electron chi connectivity index (χ3n) is 3.24. The summed E-state index contributed by atoms with van der Waals surface area (Å²) in [5.41, 5.74) is 2.31. The number of ether oxygens (including phenoxy) is 2. The summed E-state index contributed by atoms with van der Waals surface area (Å²) in [5.74, 6) is 1.00. The van der Waals surface area contributed by atoms with Crippen LogP contribution in [0.2, 0.25) is 5.02 Å². The van der Waals surface area contributed by atoms with Gasteiger partial charge in [-0.15, -0.1) is 0 Å². The van der Waals surface area contributed by atoms with Gasteiger partial charge < -0.3 is 14.8 Å². The molecule has 0 atom stereocenters. The number of nitrogens with one attached hydrogen (secondary N) is 1. The van der Waals surface area contributed by atoms with Gasteiger partial charge in [-0.05, 0) is 36.8 Å². The first kappa shape index (κ1) is 13.1. The maximum Gasteiger partial charge on any atom is 0.231 e. The molecule has 1 N–H and O–H groups in total. The van der Waals surface area contributed by atoms with Crippen molar-refractivity contribution < 1.29 is 13.9 Å². The average molecular weight is 294 g/mol. The molecule has 20 heavy (non-hydrogen) atoms. The minimum absolute atomic E-state index is 0.189. The van der Waals surface area contributed by atoms with Crippen LogP contribution >= 0.6 is 11.6 Å². The minimum Gasteiger partial charge on any atom is -0.454 e. The molecule has 0 radical (unpaired) electrons. The fourth-order valence-electron chi connectivity index (χ4n) is 2.12. The molecule has 0 saturated heterocycles. The Morgan fingerprint density at radius 1 is 1.30 bits per heavy atom. The van der Waals surface area contributed by atoms with Gasteiger partial charge in [-0.25, -0.2) is 4.39 Å². The van der Waals surface area contributed by atoms with E-state index in [1.165, 1.54) is 6.07 Å². The van der Waals surface area contributed by atoms with Gasteiger partial charge in [-0.1, -0.05) is 17.7 Å². The number of hydrogen-bond acceptors (Lipinski definition) is 3. The molecule has 1 heterocycles. The smallest absolute Gasteiger partial charge is 0.231 e. The summed E-state index contributed by atoms with van der Waals surface area (Å²) in [7, 11) is 0. The fraction of sp³-hybridized carbons (Fsp3) is 0.200. The zero-order valence-electron chi connectivity index (χ0n) is 10.9. The van der Waals surface area contributed by atoms with E-state index >= 15 is 0 Å². The van der Waals surface area contributed by atoms with Gasteiger partial charge in [0.1, 0.15) is 5.82 Å². The SMILES string of the molecule is Cc1c(F)cccc1NCc1cc(Cl)c2c(c1)OCO2. The molecular weight excluding hydrogens is 281 g/mol. The Labute approximate surface area is 121 Å². The number of anilines is 1. The molecule has 2 aromatic carbocycles. The largest absolute Gasteiger partial charge is 0.454 e. The van der Waals surface area contributed by atoms with Crippen molar-refractivity contribution in [3.8, 4) is 11.5 Å². The van der Waals surface area contributed by atoms with Crippen LogP contribution in [0.3, 0.4) is 0 Å². The lowest BCUT2D eigenvalue weighted by atomic mass is 10.1. The summed E-state index contributed by atoms with van der Waals surface area (Å²) in [6.07, 6.45) is 0. The van der Waals surface area contributed by atoms with Gasteiger partial charge in [0.15, 0.2) is 11.5 Å². The standard InChI is InChI=1S/C15H13ClFNO2/c1-9-12(17)3-2-4-13(9)18-7-10-5-11(16)15-14(6-10)19-8-20-15/h2-6,18H,7-8H2,1H3. The minimum atomic E-state index is -0.223. The van der Waals surface area contributed by atoms with Crippen LogP contribution in [0.5, 0.6) is 11.5 Å². The van der Waals surface area contributed by atoms with Crippen molar-refractivity contribution in [3.05, 3.63) is 52.3 Å². The molecule has 1 aliphatic heterocycles. The molecular formula is C15H13ClFNO2. The van der Waals surface area contributed by atoms with Crippen LogP contribution in [0.15, 0.2) is 30.3 Å². The van der Waals surface area contributed by atoms with E-state index in [2.05, 4.69) is 5.32 Å². The summed E-state index contributed by atoms with van der Waals surface area (Å²) in [4.78, 5) is 0. The first-order valence-electron chi connectivity index (χ1n) is 6.22. The van der Waals surface area contributed by atoms with E-state index in [0.29, 0.717) is 28.6 Å². The first-order chi connectivity index (χ1) is 9.65. The third kappa shape index (κ3) is 2.39. The normalized spacial score (nSPS) is 12.6. The Kier molecular flexibility index (Phi) is 3.40. The van der Waals surface area contributed by atoms with Crippen LogP contribution < -0.4 is 14.8 Å². The molecule has 0 aromatic heterocycles. The van der Waals surface area contributed by atoms with E-state index in [-0.39, 0.29) is 12.6 Å². The lowest BCUT2D eigenvalue weighted by Gasteiger charge is -2.11. The molecule has 0 saturated carbocycles. The molecule has 0 unspecified atom stereocenters. The Morgan fingerprint density at radius 3 is 3.00 bits per heavy atom. The molecule has 104 valence electrons. The van der Waals surface area contributed by atoms with Gasteiger partial charge in [0.05, 0.1) is 5.02 Å². The monoisotopic (exact) mass is 293 g/mol. The molecule has 3 rings (SSSR count). The van der Waals surface area contributed by atoms with E-state index in [1.54, 1.807) is 13.0 Å². The zero-order chi connectivity index (χ0) is 14.1. The van der Waals surface area contributed by atoms with Crippen LogP contribution in [-0.2, 0) is 6.54 Å². The number of benzene rings is 2. The van der Waals surface area contributed by atoms with Crippen molar-refractivity contribution >= 4 is 17.3 Å². The molecule has 0 bridgehead atoms. The molecule has 1 aliphatic rings. The highest BCUT2D eigenvalue weighted by Gasteiger charge is 2.18. The Morgan fingerprint density at radius 2 is 2.15 bits per heavy atom. The second-order valence-electron chi connectivity index (χ2n) is 4.58. The third-order valence-corrected chi connectivity index (χ3v) is 3.52. The molecule has 0 fully saturated rings. The van der Waals surface area contributed by atoms with Crippen LogP contribution in [0.25, 0.3) is 0 Å². The van der Waals surface area contributed by atoms with Gasteiger partial charge in [-0.3, -0.25) is 0 Å². The molecule has 0 aliphatic carbocycles. The Bertz CT molecular complexity index is 661. The van der Waals surface area contributed by atoms with E-state index in [4.69, 9.17) is 21.1 Å². The second kappa shape index (κ2) is 5.21. The van der Waals surface area contributed by atoms with Gasteiger partial charge in [0, 0.05) is 17.8 Å². The van der Waals surface area contributed by atoms with Crippen molar-refractivity contribution in [2.24, 2.45) is 0 Å². The summed E-state index contributed by atoms with van der Waals surface area (Å²) >= 11 is 6.12.